The Kier molecular flexibility index (Phi) is 5.55. The lowest BCUT2D eigenvalue weighted by Gasteiger charge is -2.11. The predicted octanol–water partition coefficient (Wildman–Crippen LogP) is 1.74. The molecule has 0 amide bonds. The quantitative estimate of drug-likeness (QED) is 0.480. The highest BCUT2D eigenvalue weighted by Crippen LogP contribution is 2.28. The fourth-order valence-electron chi connectivity index (χ4n) is 1.16. The number of rotatable bonds is 4. The molecule has 0 aliphatic heterocycles. The van der Waals surface area contributed by atoms with Crippen molar-refractivity contribution in [1.29, 1.82) is 0 Å². The van der Waals surface area contributed by atoms with Crippen LogP contribution in [0.5, 0.6) is 5.75 Å². The number of benzene rings is 1. The molecule has 6 nitrogen and oxygen atoms in total. The van der Waals surface area contributed by atoms with Crippen LogP contribution >= 0.6 is 12.4 Å². The third kappa shape index (κ3) is 3.56. The van der Waals surface area contributed by atoms with Crippen LogP contribution in [-0.2, 0) is 0 Å². The molecule has 0 aromatic heterocycles. The number of nitro groups is 1. The van der Waals surface area contributed by atoms with Crippen molar-refractivity contribution in [2.75, 3.05) is 12.4 Å². The summed E-state index contributed by atoms with van der Waals surface area (Å²) >= 11 is 0. The number of anilines is 1. The first-order valence-corrected chi connectivity index (χ1v) is 4.39. The Bertz CT molecular complexity index is 371. The lowest BCUT2D eigenvalue weighted by atomic mass is 10.2. The molecule has 7 heteroatoms. The van der Waals surface area contributed by atoms with Crippen LogP contribution in [0.25, 0.3) is 0 Å². The van der Waals surface area contributed by atoms with Gasteiger partial charge in [0.2, 0.25) is 0 Å². The summed E-state index contributed by atoms with van der Waals surface area (Å²) in [6.07, 6.45) is -0.365. The molecule has 0 spiro atoms. The van der Waals surface area contributed by atoms with E-state index in [1.54, 1.807) is 13.0 Å². The van der Waals surface area contributed by atoms with Gasteiger partial charge in [0, 0.05) is 12.1 Å². The van der Waals surface area contributed by atoms with Gasteiger partial charge in [-0.15, -0.1) is 12.4 Å². The van der Waals surface area contributed by atoms with E-state index in [1.807, 2.05) is 0 Å². The largest absolute Gasteiger partial charge is 0.497 e. The zero-order chi connectivity index (χ0) is 11.4. The minimum Gasteiger partial charge on any atom is -0.497 e. The van der Waals surface area contributed by atoms with Gasteiger partial charge in [-0.3, -0.25) is 10.1 Å². The maximum atomic E-state index is 10.7. The zero-order valence-corrected chi connectivity index (χ0v) is 9.78. The Labute approximate surface area is 99.3 Å². The summed E-state index contributed by atoms with van der Waals surface area (Å²) in [5, 5.41) is 13.5. The van der Waals surface area contributed by atoms with Crippen LogP contribution in [0.3, 0.4) is 0 Å². The fraction of sp³-hybridized carbons (Fsp3) is 0.333. The van der Waals surface area contributed by atoms with Crippen LogP contribution in [0.2, 0.25) is 0 Å². The highest BCUT2D eigenvalue weighted by molar-refractivity contribution is 5.85. The third-order valence-corrected chi connectivity index (χ3v) is 1.78. The lowest BCUT2D eigenvalue weighted by Crippen LogP contribution is -2.25. The van der Waals surface area contributed by atoms with E-state index in [4.69, 9.17) is 10.5 Å². The van der Waals surface area contributed by atoms with Crippen molar-refractivity contribution in [2.45, 2.75) is 13.1 Å². The first-order chi connectivity index (χ1) is 7.04. The van der Waals surface area contributed by atoms with E-state index in [0.29, 0.717) is 11.4 Å². The predicted molar refractivity (Wildman–Crippen MR) is 64.2 cm³/mol. The number of ether oxygens (including phenoxy) is 1. The van der Waals surface area contributed by atoms with Crippen LogP contribution in [-0.4, -0.2) is 18.2 Å². The fourth-order valence-corrected chi connectivity index (χ4v) is 1.16. The van der Waals surface area contributed by atoms with E-state index >= 15 is 0 Å². The molecule has 1 aromatic carbocycles. The second-order valence-corrected chi connectivity index (χ2v) is 3.07. The maximum absolute atomic E-state index is 10.7. The molecule has 0 saturated heterocycles. The Hall–Kier alpha value is -1.53. The van der Waals surface area contributed by atoms with Gasteiger partial charge in [0.05, 0.1) is 18.2 Å². The third-order valence-electron chi connectivity index (χ3n) is 1.78. The van der Waals surface area contributed by atoms with Gasteiger partial charge in [-0.1, -0.05) is 0 Å². The highest BCUT2D eigenvalue weighted by atomic mass is 35.5. The molecule has 0 radical (unpaired) electrons. The van der Waals surface area contributed by atoms with Crippen LogP contribution in [0, 0.1) is 10.1 Å². The Morgan fingerprint density at radius 1 is 1.56 bits per heavy atom. The van der Waals surface area contributed by atoms with E-state index in [9.17, 15) is 10.1 Å². The molecule has 16 heavy (non-hydrogen) atoms. The van der Waals surface area contributed by atoms with Crippen LogP contribution in [0.1, 0.15) is 6.92 Å². The average Bonchev–Trinajstić information content (AvgIpc) is 2.16. The summed E-state index contributed by atoms with van der Waals surface area (Å²) in [5.74, 6) is 0.545. The SMILES string of the molecule is COc1ccc([N+](=O)[O-])c(NC(C)N)c1.Cl. The van der Waals surface area contributed by atoms with Crippen LogP contribution in [0.4, 0.5) is 11.4 Å². The van der Waals surface area contributed by atoms with Crippen molar-refractivity contribution in [3.63, 3.8) is 0 Å². The number of hydrogen-bond acceptors (Lipinski definition) is 5. The molecule has 3 N–H and O–H groups in total. The van der Waals surface area contributed by atoms with E-state index in [-0.39, 0.29) is 24.3 Å². The molecule has 0 fully saturated rings. The minimum atomic E-state index is -0.468. The van der Waals surface area contributed by atoms with Gasteiger partial charge in [-0.25, -0.2) is 0 Å². The molecule has 1 rings (SSSR count). The van der Waals surface area contributed by atoms with Gasteiger partial charge in [-0.2, -0.15) is 0 Å². The van der Waals surface area contributed by atoms with Gasteiger partial charge in [0.15, 0.2) is 0 Å². The number of halogens is 1. The molecule has 1 atom stereocenters. The Morgan fingerprint density at radius 3 is 2.62 bits per heavy atom. The van der Waals surface area contributed by atoms with E-state index in [1.165, 1.54) is 19.2 Å². The summed E-state index contributed by atoms with van der Waals surface area (Å²) in [6, 6.07) is 4.45. The molecular weight excluding hydrogens is 234 g/mol. The molecule has 1 unspecified atom stereocenters. The van der Waals surface area contributed by atoms with Crippen molar-refractivity contribution in [1.82, 2.24) is 0 Å². The molecule has 0 saturated carbocycles. The molecule has 0 aliphatic rings. The molecule has 0 heterocycles. The number of nitro benzene ring substituents is 1. The topological polar surface area (TPSA) is 90.4 Å². The van der Waals surface area contributed by atoms with E-state index in [2.05, 4.69) is 5.32 Å². The van der Waals surface area contributed by atoms with Gasteiger partial charge in [0.1, 0.15) is 11.4 Å². The minimum absolute atomic E-state index is 0. The smallest absolute Gasteiger partial charge is 0.292 e. The Morgan fingerprint density at radius 2 is 2.19 bits per heavy atom. The Balaban J connectivity index is 0.00000225. The monoisotopic (exact) mass is 247 g/mol. The van der Waals surface area contributed by atoms with Crippen molar-refractivity contribution in [3.8, 4) is 5.75 Å². The van der Waals surface area contributed by atoms with Gasteiger partial charge in [0.25, 0.3) is 5.69 Å². The molecular formula is C9H14ClN3O3. The maximum Gasteiger partial charge on any atom is 0.292 e. The summed E-state index contributed by atoms with van der Waals surface area (Å²) in [5.41, 5.74) is 5.85. The van der Waals surface area contributed by atoms with Crippen LogP contribution < -0.4 is 15.8 Å². The number of hydrogen-bond donors (Lipinski definition) is 2. The normalized spacial score (nSPS) is 11.2. The molecule has 90 valence electrons. The standard InChI is InChI=1S/C9H13N3O3.ClH/c1-6(10)11-8-5-7(15-2)3-4-9(8)12(13)14;/h3-6,11H,10H2,1-2H3;1H. The second-order valence-electron chi connectivity index (χ2n) is 3.07. The number of nitrogens with one attached hydrogen (secondary N) is 1. The average molecular weight is 248 g/mol. The number of methoxy groups -OCH3 is 1. The number of nitrogens with zero attached hydrogens (tertiary/aromatic N) is 1. The van der Waals surface area contributed by atoms with Crippen LogP contribution in [0.15, 0.2) is 18.2 Å². The van der Waals surface area contributed by atoms with E-state index in [0.717, 1.165) is 0 Å². The van der Waals surface area contributed by atoms with Crippen molar-refractivity contribution in [2.24, 2.45) is 5.73 Å². The highest BCUT2D eigenvalue weighted by Gasteiger charge is 2.14. The summed E-state index contributed by atoms with van der Waals surface area (Å²) in [7, 11) is 1.50. The molecule has 0 aliphatic carbocycles. The van der Waals surface area contributed by atoms with Gasteiger partial charge < -0.3 is 15.8 Å². The molecule has 0 bridgehead atoms. The molecule has 1 aromatic rings. The number of nitrogens with two attached hydrogens (primary N) is 1. The van der Waals surface area contributed by atoms with E-state index < -0.39 is 4.92 Å². The summed E-state index contributed by atoms with van der Waals surface area (Å²) in [6.45, 7) is 1.70. The first-order valence-electron chi connectivity index (χ1n) is 4.39. The second kappa shape index (κ2) is 6.14. The van der Waals surface area contributed by atoms with Gasteiger partial charge >= 0.3 is 0 Å². The first kappa shape index (κ1) is 14.5. The summed E-state index contributed by atoms with van der Waals surface area (Å²) in [4.78, 5) is 10.2. The lowest BCUT2D eigenvalue weighted by molar-refractivity contribution is -0.384. The summed E-state index contributed by atoms with van der Waals surface area (Å²) < 4.78 is 4.97. The zero-order valence-electron chi connectivity index (χ0n) is 8.97. The van der Waals surface area contributed by atoms with Crippen molar-refractivity contribution in [3.05, 3.63) is 28.3 Å². The van der Waals surface area contributed by atoms with Crippen molar-refractivity contribution >= 4 is 23.8 Å². The van der Waals surface area contributed by atoms with Gasteiger partial charge in [-0.05, 0) is 13.0 Å². The van der Waals surface area contributed by atoms with Crippen molar-refractivity contribution < 1.29 is 9.66 Å².